The molecule has 1 aliphatic carbocycles. The van der Waals surface area contributed by atoms with Gasteiger partial charge in [-0.1, -0.05) is 31.5 Å². The van der Waals surface area contributed by atoms with Crippen LogP contribution in [0.4, 0.5) is 5.69 Å². The number of tetrazole rings is 1. The van der Waals surface area contributed by atoms with Crippen molar-refractivity contribution in [3.8, 4) is 11.4 Å². The molecule has 2 N–H and O–H groups in total. The Morgan fingerprint density at radius 3 is 2.89 bits per heavy atom. The van der Waals surface area contributed by atoms with Gasteiger partial charge in [0.25, 0.3) is 0 Å². The fourth-order valence-electron chi connectivity index (χ4n) is 2.35. The zero-order valence-electron chi connectivity index (χ0n) is 11.0. The maximum Gasteiger partial charge on any atom is 0.184 e. The number of hydrogen-bond acceptors (Lipinski definition) is 4. The van der Waals surface area contributed by atoms with Gasteiger partial charge in [0, 0.05) is 12.1 Å². The van der Waals surface area contributed by atoms with Crippen LogP contribution >= 0.6 is 11.6 Å². The minimum Gasteiger partial charge on any atom is -0.397 e. The first kappa shape index (κ1) is 12.4. The maximum atomic E-state index is 6.04. The second kappa shape index (κ2) is 4.20. The molecule has 1 saturated carbocycles. The SMILES string of the molecule is CC1(C)CC1Cn1nnnc1-c1cccc(Cl)c1N. The summed E-state index contributed by atoms with van der Waals surface area (Å²) in [4.78, 5) is 0. The number of hydrogen-bond donors (Lipinski definition) is 1. The molecule has 6 heteroatoms. The first-order valence-corrected chi connectivity index (χ1v) is 6.67. The largest absolute Gasteiger partial charge is 0.397 e. The Kier molecular flexibility index (Phi) is 2.74. The Morgan fingerprint density at radius 2 is 2.21 bits per heavy atom. The van der Waals surface area contributed by atoms with Crippen molar-refractivity contribution in [2.75, 3.05) is 5.73 Å². The van der Waals surface area contributed by atoms with Gasteiger partial charge in [-0.15, -0.1) is 5.10 Å². The van der Waals surface area contributed by atoms with Crippen LogP contribution in [0.1, 0.15) is 20.3 Å². The fourth-order valence-corrected chi connectivity index (χ4v) is 2.52. The zero-order chi connectivity index (χ0) is 13.6. The van der Waals surface area contributed by atoms with Crippen LogP contribution in [0.3, 0.4) is 0 Å². The van der Waals surface area contributed by atoms with Gasteiger partial charge in [-0.3, -0.25) is 0 Å². The van der Waals surface area contributed by atoms with E-state index in [1.54, 1.807) is 6.07 Å². The molecule has 0 aliphatic heterocycles. The second-order valence-electron chi connectivity index (χ2n) is 5.78. The average molecular weight is 278 g/mol. The van der Waals surface area contributed by atoms with Crippen molar-refractivity contribution in [2.45, 2.75) is 26.8 Å². The predicted octanol–water partition coefficient (Wildman–Crippen LogP) is 2.62. The van der Waals surface area contributed by atoms with Gasteiger partial charge in [0.1, 0.15) is 0 Å². The highest BCUT2D eigenvalue weighted by molar-refractivity contribution is 6.33. The number of para-hydroxylation sites is 1. The first-order chi connectivity index (χ1) is 8.99. The molecule has 0 radical (unpaired) electrons. The van der Waals surface area contributed by atoms with E-state index in [1.807, 2.05) is 16.8 Å². The van der Waals surface area contributed by atoms with Gasteiger partial charge in [-0.05, 0) is 40.3 Å². The summed E-state index contributed by atoms with van der Waals surface area (Å²) in [6, 6.07) is 5.51. The summed E-state index contributed by atoms with van der Waals surface area (Å²) in [6.45, 7) is 5.34. The molecule has 1 aromatic heterocycles. The quantitative estimate of drug-likeness (QED) is 0.876. The molecule has 1 aromatic carbocycles. The Labute approximate surface area is 116 Å². The molecule has 3 rings (SSSR count). The zero-order valence-corrected chi connectivity index (χ0v) is 11.7. The molecular formula is C13H16ClN5. The minimum atomic E-state index is 0.392. The molecule has 5 nitrogen and oxygen atoms in total. The summed E-state index contributed by atoms with van der Waals surface area (Å²) in [5.74, 6) is 1.30. The third-order valence-electron chi connectivity index (χ3n) is 3.94. The van der Waals surface area contributed by atoms with E-state index in [1.165, 1.54) is 6.42 Å². The summed E-state index contributed by atoms with van der Waals surface area (Å²) in [6.07, 6.45) is 1.21. The van der Waals surface area contributed by atoms with E-state index in [-0.39, 0.29) is 0 Å². The van der Waals surface area contributed by atoms with Gasteiger partial charge >= 0.3 is 0 Å². The number of aromatic nitrogens is 4. The molecule has 0 spiro atoms. The molecule has 0 bridgehead atoms. The van der Waals surface area contributed by atoms with E-state index in [0.29, 0.717) is 27.9 Å². The van der Waals surface area contributed by atoms with Gasteiger partial charge in [-0.25, -0.2) is 4.68 Å². The normalized spacial score (nSPS) is 20.5. The summed E-state index contributed by atoms with van der Waals surface area (Å²) in [5.41, 5.74) is 7.70. The number of nitrogens with zero attached hydrogens (tertiary/aromatic N) is 4. The molecule has 2 aromatic rings. The molecule has 0 amide bonds. The Morgan fingerprint density at radius 1 is 1.47 bits per heavy atom. The van der Waals surface area contributed by atoms with Crippen molar-refractivity contribution in [3.63, 3.8) is 0 Å². The van der Waals surface area contributed by atoms with Gasteiger partial charge in [0.2, 0.25) is 0 Å². The van der Waals surface area contributed by atoms with Gasteiger partial charge in [0.05, 0.1) is 10.7 Å². The number of nitrogen functional groups attached to an aromatic ring is 1. The number of nitrogens with two attached hydrogens (primary N) is 1. The second-order valence-corrected chi connectivity index (χ2v) is 6.18. The molecule has 19 heavy (non-hydrogen) atoms. The summed E-state index contributed by atoms with van der Waals surface area (Å²) >= 11 is 6.04. The van der Waals surface area contributed by atoms with Crippen molar-refractivity contribution in [1.82, 2.24) is 20.2 Å². The van der Waals surface area contributed by atoms with Crippen molar-refractivity contribution in [1.29, 1.82) is 0 Å². The highest BCUT2D eigenvalue weighted by Crippen LogP contribution is 2.52. The highest BCUT2D eigenvalue weighted by Gasteiger charge is 2.46. The third-order valence-corrected chi connectivity index (χ3v) is 4.27. The molecule has 1 aliphatic rings. The van der Waals surface area contributed by atoms with Crippen LogP contribution in [-0.2, 0) is 6.54 Å². The molecule has 1 heterocycles. The van der Waals surface area contributed by atoms with E-state index >= 15 is 0 Å². The van der Waals surface area contributed by atoms with Crippen LogP contribution in [0, 0.1) is 11.3 Å². The lowest BCUT2D eigenvalue weighted by molar-refractivity contribution is 0.467. The third kappa shape index (κ3) is 2.18. The fraction of sp³-hybridized carbons (Fsp3) is 0.462. The number of anilines is 1. The average Bonchev–Trinajstić information content (AvgIpc) is 2.74. The number of benzene rings is 1. The number of rotatable bonds is 3. The van der Waals surface area contributed by atoms with Crippen LogP contribution in [-0.4, -0.2) is 20.2 Å². The topological polar surface area (TPSA) is 69.6 Å². The minimum absolute atomic E-state index is 0.392. The van der Waals surface area contributed by atoms with Crippen molar-refractivity contribution < 1.29 is 0 Å². The summed E-state index contributed by atoms with van der Waals surface area (Å²) in [7, 11) is 0. The molecule has 1 unspecified atom stereocenters. The smallest absolute Gasteiger partial charge is 0.184 e. The van der Waals surface area contributed by atoms with Crippen LogP contribution < -0.4 is 5.73 Å². The maximum absolute atomic E-state index is 6.04. The van der Waals surface area contributed by atoms with Crippen molar-refractivity contribution in [3.05, 3.63) is 23.2 Å². The van der Waals surface area contributed by atoms with Gasteiger partial charge in [0.15, 0.2) is 5.82 Å². The molecule has 1 atom stereocenters. The van der Waals surface area contributed by atoms with Crippen LogP contribution in [0.2, 0.25) is 5.02 Å². The van der Waals surface area contributed by atoms with Crippen molar-refractivity contribution in [2.24, 2.45) is 11.3 Å². The standard InChI is InChI=1S/C13H16ClN5/c1-13(2)6-8(13)7-19-12(16-17-18-19)9-4-3-5-10(14)11(9)15/h3-5,8H,6-7,15H2,1-2H3. The van der Waals surface area contributed by atoms with Gasteiger partial charge in [-0.2, -0.15) is 0 Å². The van der Waals surface area contributed by atoms with E-state index in [2.05, 4.69) is 29.4 Å². The molecule has 0 saturated heterocycles. The lowest BCUT2D eigenvalue weighted by atomic mass is 10.1. The van der Waals surface area contributed by atoms with Crippen LogP contribution in [0.5, 0.6) is 0 Å². The summed E-state index contributed by atoms with van der Waals surface area (Å²) in [5, 5.41) is 12.4. The lowest BCUT2D eigenvalue weighted by Crippen LogP contribution is -2.08. The first-order valence-electron chi connectivity index (χ1n) is 6.29. The lowest BCUT2D eigenvalue weighted by Gasteiger charge is -2.08. The Hall–Kier alpha value is -1.62. The highest BCUT2D eigenvalue weighted by atomic mass is 35.5. The van der Waals surface area contributed by atoms with E-state index < -0.39 is 0 Å². The van der Waals surface area contributed by atoms with Gasteiger partial charge < -0.3 is 5.73 Å². The Balaban J connectivity index is 1.94. The van der Waals surface area contributed by atoms with E-state index in [0.717, 1.165) is 12.1 Å². The molecule has 1 fully saturated rings. The van der Waals surface area contributed by atoms with Crippen LogP contribution in [0.15, 0.2) is 18.2 Å². The van der Waals surface area contributed by atoms with Crippen LogP contribution in [0.25, 0.3) is 11.4 Å². The number of halogens is 1. The van der Waals surface area contributed by atoms with E-state index in [9.17, 15) is 0 Å². The molecule has 100 valence electrons. The molecular weight excluding hydrogens is 262 g/mol. The predicted molar refractivity (Wildman–Crippen MR) is 74.6 cm³/mol. The van der Waals surface area contributed by atoms with E-state index in [4.69, 9.17) is 17.3 Å². The van der Waals surface area contributed by atoms with Crippen molar-refractivity contribution >= 4 is 17.3 Å². The monoisotopic (exact) mass is 277 g/mol. The summed E-state index contributed by atoms with van der Waals surface area (Å²) < 4.78 is 1.82. The Bertz CT molecular complexity index is 619.